The van der Waals surface area contributed by atoms with Crippen molar-refractivity contribution in [3.63, 3.8) is 0 Å². The zero-order valence-corrected chi connectivity index (χ0v) is 13.0. The summed E-state index contributed by atoms with van der Waals surface area (Å²) in [6.45, 7) is 1.32. The van der Waals surface area contributed by atoms with Crippen LogP contribution in [0.2, 0.25) is 5.02 Å². The first-order valence-electron chi connectivity index (χ1n) is 6.71. The smallest absolute Gasteiger partial charge is 0.301 e. The molecule has 20 heavy (non-hydrogen) atoms. The molecule has 1 fully saturated rings. The van der Waals surface area contributed by atoms with E-state index in [-0.39, 0.29) is 0 Å². The Kier molecular flexibility index (Phi) is 5.26. The molecule has 1 aliphatic carbocycles. The lowest BCUT2D eigenvalue weighted by Crippen LogP contribution is -2.34. The van der Waals surface area contributed by atoms with Crippen molar-refractivity contribution >= 4 is 27.5 Å². The molecular formula is C13H20ClN3O2S. The lowest BCUT2D eigenvalue weighted by atomic mass is 10.3. The zero-order valence-electron chi connectivity index (χ0n) is 11.5. The Bertz CT molecular complexity index is 546. The maximum Gasteiger partial charge on any atom is 0.301 e. The highest BCUT2D eigenvalue weighted by atomic mass is 35.5. The molecule has 0 bridgehead atoms. The zero-order chi connectivity index (χ0) is 14.6. The Hall–Kier alpha value is -0.820. The van der Waals surface area contributed by atoms with E-state index < -0.39 is 10.2 Å². The molecule has 7 heteroatoms. The fourth-order valence-corrected chi connectivity index (χ4v) is 3.00. The van der Waals surface area contributed by atoms with E-state index in [1.165, 1.54) is 17.1 Å². The van der Waals surface area contributed by atoms with Gasteiger partial charge in [0.25, 0.3) is 0 Å². The number of nitrogens with zero attached hydrogens (tertiary/aromatic N) is 1. The second-order valence-electron chi connectivity index (χ2n) is 4.99. The summed E-state index contributed by atoms with van der Waals surface area (Å²) in [5, 5.41) is 3.75. The summed E-state index contributed by atoms with van der Waals surface area (Å²) in [7, 11) is -1.98. The number of rotatable bonds is 8. The summed E-state index contributed by atoms with van der Waals surface area (Å²) in [4.78, 5) is 0. The first-order valence-corrected chi connectivity index (χ1v) is 8.53. The normalized spacial score (nSPS) is 15.6. The van der Waals surface area contributed by atoms with Gasteiger partial charge in [0.1, 0.15) is 0 Å². The first-order chi connectivity index (χ1) is 9.49. The highest BCUT2D eigenvalue weighted by molar-refractivity contribution is 7.90. The molecule has 0 unspecified atom stereocenters. The molecule has 2 rings (SSSR count). The maximum atomic E-state index is 12.1. The third-order valence-electron chi connectivity index (χ3n) is 3.18. The van der Waals surface area contributed by atoms with Gasteiger partial charge in [-0.25, -0.2) is 0 Å². The van der Waals surface area contributed by atoms with Crippen LogP contribution < -0.4 is 10.0 Å². The van der Waals surface area contributed by atoms with Gasteiger partial charge in [-0.2, -0.15) is 12.7 Å². The highest BCUT2D eigenvalue weighted by Crippen LogP contribution is 2.22. The Balaban J connectivity index is 1.83. The standard InChI is InChI=1S/C13H20ClN3O2S/c1-17(10-4-9-15-11-7-8-11)20(18,19)16-13-6-3-2-5-12(13)14/h2-3,5-6,11,15-16H,4,7-10H2,1H3. The molecule has 1 aliphatic rings. The predicted octanol–water partition coefficient (Wildman–Crippen LogP) is 2.07. The van der Waals surface area contributed by atoms with Gasteiger partial charge >= 0.3 is 10.2 Å². The molecule has 1 saturated carbocycles. The van der Waals surface area contributed by atoms with E-state index in [9.17, 15) is 8.42 Å². The van der Waals surface area contributed by atoms with Crippen LogP contribution >= 0.6 is 11.6 Å². The molecule has 0 atom stereocenters. The van der Waals surface area contributed by atoms with E-state index >= 15 is 0 Å². The topological polar surface area (TPSA) is 61.4 Å². The van der Waals surface area contributed by atoms with Crippen molar-refractivity contribution in [3.8, 4) is 0 Å². The van der Waals surface area contributed by atoms with Gasteiger partial charge in [-0.1, -0.05) is 23.7 Å². The Morgan fingerprint density at radius 1 is 1.35 bits per heavy atom. The Morgan fingerprint density at radius 3 is 2.70 bits per heavy atom. The number of halogens is 1. The second kappa shape index (κ2) is 6.76. The van der Waals surface area contributed by atoms with Gasteiger partial charge in [0.05, 0.1) is 10.7 Å². The number of benzene rings is 1. The van der Waals surface area contributed by atoms with Gasteiger partial charge in [0.15, 0.2) is 0 Å². The number of nitrogens with one attached hydrogen (secondary N) is 2. The summed E-state index contributed by atoms with van der Waals surface area (Å²) in [6, 6.07) is 7.44. The number of hydrogen-bond acceptors (Lipinski definition) is 3. The van der Waals surface area contributed by atoms with Gasteiger partial charge in [0.2, 0.25) is 0 Å². The minimum absolute atomic E-state index is 0.389. The van der Waals surface area contributed by atoms with Gasteiger partial charge in [-0.05, 0) is 37.9 Å². The number of anilines is 1. The maximum absolute atomic E-state index is 12.1. The number of para-hydroxylation sites is 1. The van der Waals surface area contributed by atoms with Gasteiger partial charge < -0.3 is 5.32 Å². The van der Waals surface area contributed by atoms with Crippen molar-refractivity contribution in [2.45, 2.75) is 25.3 Å². The van der Waals surface area contributed by atoms with Crippen LogP contribution in [0, 0.1) is 0 Å². The molecule has 0 saturated heterocycles. The molecule has 1 aromatic rings. The van der Waals surface area contributed by atoms with Gasteiger partial charge in [-0.15, -0.1) is 0 Å². The summed E-state index contributed by atoms with van der Waals surface area (Å²) in [5.74, 6) is 0. The fraction of sp³-hybridized carbons (Fsp3) is 0.538. The third-order valence-corrected chi connectivity index (χ3v) is 4.99. The van der Waals surface area contributed by atoms with Crippen molar-refractivity contribution < 1.29 is 8.42 Å². The molecule has 0 heterocycles. The van der Waals surface area contributed by atoms with E-state index in [0.717, 1.165) is 13.0 Å². The van der Waals surface area contributed by atoms with E-state index in [1.54, 1.807) is 31.3 Å². The van der Waals surface area contributed by atoms with Crippen molar-refractivity contribution in [3.05, 3.63) is 29.3 Å². The van der Waals surface area contributed by atoms with Crippen LogP contribution in [0.15, 0.2) is 24.3 Å². The second-order valence-corrected chi connectivity index (χ2v) is 7.18. The highest BCUT2D eigenvalue weighted by Gasteiger charge is 2.21. The van der Waals surface area contributed by atoms with Crippen LogP contribution in [0.5, 0.6) is 0 Å². The van der Waals surface area contributed by atoms with E-state index in [4.69, 9.17) is 11.6 Å². The largest absolute Gasteiger partial charge is 0.314 e. The summed E-state index contributed by atoms with van der Waals surface area (Å²) in [5.41, 5.74) is 0.400. The summed E-state index contributed by atoms with van der Waals surface area (Å²) >= 11 is 5.95. The van der Waals surface area contributed by atoms with Crippen LogP contribution in [-0.2, 0) is 10.2 Å². The van der Waals surface area contributed by atoms with Crippen molar-refractivity contribution in [2.24, 2.45) is 0 Å². The van der Waals surface area contributed by atoms with E-state index in [2.05, 4.69) is 10.0 Å². The molecule has 2 N–H and O–H groups in total. The average molecular weight is 318 g/mol. The summed E-state index contributed by atoms with van der Waals surface area (Å²) in [6.07, 6.45) is 3.26. The first kappa shape index (κ1) is 15.6. The predicted molar refractivity (Wildman–Crippen MR) is 82.3 cm³/mol. The van der Waals surface area contributed by atoms with Crippen LogP contribution in [0.4, 0.5) is 5.69 Å². The van der Waals surface area contributed by atoms with Crippen molar-refractivity contribution in [1.82, 2.24) is 9.62 Å². The fourth-order valence-electron chi connectivity index (χ4n) is 1.78. The van der Waals surface area contributed by atoms with Crippen molar-refractivity contribution in [1.29, 1.82) is 0 Å². The molecule has 0 amide bonds. The lowest BCUT2D eigenvalue weighted by molar-refractivity contribution is 0.458. The minimum atomic E-state index is -3.55. The lowest BCUT2D eigenvalue weighted by Gasteiger charge is -2.18. The molecule has 0 aliphatic heterocycles. The van der Waals surface area contributed by atoms with Crippen LogP contribution in [0.1, 0.15) is 19.3 Å². The Labute approximate surface area is 125 Å². The van der Waals surface area contributed by atoms with Crippen LogP contribution in [0.3, 0.4) is 0 Å². The number of hydrogen-bond donors (Lipinski definition) is 2. The average Bonchev–Trinajstić information content (AvgIpc) is 3.21. The molecular weight excluding hydrogens is 298 g/mol. The van der Waals surface area contributed by atoms with Crippen molar-refractivity contribution in [2.75, 3.05) is 24.9 Å². The van der Waals surface area contributed by atoms with Crippen LogP contribution in [0.25, 0.3) is 0 Å². The quantitative estimate of drug-likeness (QED) is 0.722. The van der Waals surface area contributed by atoms with Crippen LogP contribution in [-0.4, -0.2) is 38.9 Å². The molecule has 1 aromatic carbocycles. The third kappa shape index (κ3) is 4.63. The van der Waals surface area contributed by atoms with E-state index in [0.29, 0.717) is 23.3 Å². The molecule has 0 aromatic heterocycles. The Morgan fingerprint density at radius 2 is 2.05 bits per heavy atom. The molecule has 0 spiro atoms. The summed E-state index contributed by atoms with van der Waals surface area (Å²) < 4.78 is 28.1. The molecule has 0 radical (unpaired) electrons. The van der Waals surface area contributed by atoms with Gasteiger partial charge in [0, 0.05) is 19.6 Å². The SMILES string of the molecule is CN(CCCNC1CC1)S(=O)(=O)Nc1ccccc1Cl. The molecule has 112 valence electrons. The minimum Gasteiger partial charge on any atom is -0.314 e. The molecule has 5 nitrogen and oxygen atoms in total. The monoisotopic (exact) mass is 317 g/mol. The van der Waals surface area contributed by atoms with E-state index in [1.807, 2.05) is 0 Å². The van der Waals surface area contributed by atoms with Gasteiger partial charge in [-0.3, -0.25) is 4.72 Å².